The van der Waals surface area contributed by atoms with Crippen LogP contribution in [0.15, 0.2) is 0 Å². The second-order valence-corrected chi connectivity index (χ2v) is 2.04. The summed E-state index contributed by atoms with van der Waals surface area (Å²) in [4.78, 5) is 3.38. The van der Waals surface area contributed by atoms with Gasteiger partial charge >= 0.3 is 0 Å². The van der Waals surface area contributed by atoms with Crippen LogP contribution >= 0.6 is 0 Å². The van der Waals surface area contributed by atoms with Crippen LogP contribution in [0.3, 0.4) is 0 Å². The molecule has 1 aliphatic rings. The van der Waals surface area contributed by atoms with Crippen LogP contribution < -0.4 is 5.73 Å². The lowest BCUT2D eigenvalue weighted by atomic mass is 10.3. The average Bonchev–Trinajstić information content (AvgIpc) is 2.46. The smallest absolute Gasteiger partial charge is 0.245 e. The maximum atomic E-state index is 6.61. The minimum atomic E-state index is -0.0972. The fourth-order valence-corrected chi connectivity index (χ4v) is 0.506. The molecule has 0 bridgehead atoms. The second kappa shape index (κ2) is 1.21. The molecule has 1 aliphatic carbocycles. The highest BCUT2D eigenvalue weighted by Gasteiger charge is 2.49. The Bertz CT molecular complexity index is 108. The molecule has 0 heterocycles. The molecule has 2 N–H and O–H groups in total. The van der Waals surface area contributed by atoms with Crippen molar-refractivity contribution in [2.75, 3.05) is 6.54 Å². The van der Waals surface area contributed by atoms with Crippen molar-refractivity contribution in [1.82, 2.24) is 0 Å². The van der Waals surface area contributed by atoms with Crippen LogP contribution in [0.4, 0.5) is 0 Å². The van der Waals surface area contributed by atoms with Gasteiger partial charge < -0.3 is 10.6 Å². The Kier molecular flexibility index (Phi) is 0.795. The van der Waals surface area contributed by atoms with Crippen LogP contribution in [0.2, 0.25) is 0 Å². The molecule has 0 atom stereocenters. The highest BCUT2D eigenvalue weighted by Crippen LogP contribution is 2.38. The molecule has 38 valence electrons. The van der Waals surface area contributed by atoms with Crippen LogP contribution in [0.25, 0.3) is 4.85 Å². The maximum absolute atomic E-state index is 6.61. The van der Waals surface area contributed by atoms with Gasteiger partial charge in [-0.25, -0.2) is 6.57 Å². The van der Waals surface area contributed by atoms with Crippen molar-refractivity contribution >= 4 is 0 Å². The molecule has 0 spiro atoms. The largest absolute Gasteiger partial charge is 0.324 e. The molecule has 0 aromatic rings. The summed E-state index contributed by atoms with van der Waals surface area (Å²) in [7, 11) is 0. The van der Waals surface area contributed by atoms with E-state index in [2.05, 4.69) is 4.85 Å². The van der Waals surface area contributed by atoms with Crippen molar-refractivity contribution in [3.8, 4) is 0 Å². The van der Waals surface area contributed by atoms with E-state index in [1.165, 1.54) is 0 Å². The quantitative estimate of drug-likeness (QED) is 0.470. The molecular weight excluding hydrogens is 88.1 g/mol. The van der Waals surface area contributed by atoms with Gasteiger partial charge in [0, 0.05) is 12.8 Å². The zero-order chi connectivity index (χ0) is 5.33. The number of nitrogens with two attached hydrogens (primary N) is 1. The maximum Gasteiger partial charge on any atom is 0.245 e. The molecule has 2 heteroatoms. The van der Waals surface area contributed by atoms with E-state index in [1.807, 2.05) is 0 Å². The van der Waals surface area contributed by atoms with Gasteiger partial charge in [-0.05, 0) is 0 Å². The van der Waals surface area contributed by atoms with Gasteiger partial charge in [0.2, 0.25) is 5.54 Å². The Labute approximate surface area is 43.1 Å². The molecular formula is C5H8N2. The van der Waals surface area contributed by atoms with Crippen molar-refractivity contribution in [1.29, 1.82) is 0 Å². The van der Waals surface area contributed by atoms with E-state index in [0.717, 1.165) is 12.8 Å². The lowest BCUT2D eigenvalue weighted by Crippen LogP contribution is -2.16. The monoisotopic (exact) mass is 96.1 g/mol. The summed E-state index contributed by atoms with van der Waals surface area (Å²) < 4.78 is 0. The van der Waals surface area contributed by atoms with Gasteiger partial charge in [0.1, 0.15) is 0 Å². The molecule has 2 nitrogen and oxygen atoms in total. The first kappa shape index (κ1) is 4.61. The zero-order valence-corrected chi connectivity index (χ0v) is 4.15. The molecule has 0 aromatic carbocycles. The Morgan fingerprint density at radius 3 is 2.29 bits per heavy atom. The van der Waals surface area contributed by atoms with Gasteiger partial charge in [-0.3, -0.25) is 0 Å². The molecule has 1 saturated carbocycles. The van der Waals surface area contributed by atoms with Crippen LogP contribution in [0.5, 0.6) is 0 Å². The predicted molar refractivity (Wildman–Crippen MR) is 27.6 cm³/mol. The number of hydrogen-bond donors (Lipinski definition) is 1. The SMILES string of the molecule is [C-]#[N+]C1(CN)CC1. The van der Waals surface area contributed by atoms with Gasteiger partial charge in [-0.15, -0.1) is 0 Å². The molecule has 0 unspecified atom stereocenters. The van der Waals surface area contributed by atoms with Crippen LogP contribution in [0, 0.1) is 6.57 Å². The van der Waals surface area contributed by atoms with E-state index in [1.54, 1.807) is 0 Å². The lowest BCUT2D eigenvalue weighted by Gasteiger charge is -1.90. The molecule has 0 aliphatic heterocycles. The van der Waals surface area contributed by atoms with Gasteiger partial charge in [0.05, 0.1) is 6.54 Å². The Morgan fingerprint density at radius 1 is 1.71 bits per heavy atom. The van der Waals surface area contributed by atoms with Crippen molar-refractivity contribution < 1.29 is 0 Å². The van der Waals surface area contributed by atoms with E-state index in [-0.39, 0.29) is 5.54 Å². The minimum absolute atomic E-state index is 0.0972. The van der Waals surface area contributed by atoms with E-state index in [0.29, 0.717) is 6.54 Å². The molecule has 0 aromatic heterocycles. The highest BCUT2D eigenvalue weighted by molar-refractivity contribution is 5.11. The fraction of sp³-hybridized carbons (Fsp3) is 0.800. The van der Waals surface area contributed by atoms with Crippen molar-refractivity contribution in [3.05, 3.63) is 11.4 Å². The van der Waals surface area contributed by atoms with E-state index >= 15 is 0 Å². The third-order valence-corrected chi connectivity index (χ3v) is 1.44. The fourth-order valence-electron chi connectivity index (χ4n) is 0.506. The zero-order valence-electron chi connectivity index (χ0n) is 4.15. The topological polar surface area (TPSA) is 30.4 Å². The lowest BCUT2D eigenvalue weighted by molar-refractivity contribution is 0.797. The van der Waals surface area contributed by atoms with E-state index < -0.39 is 0 Å². The first-order chi connectivity index (χ1) is 3.33. The van der Waals surface area contributed by atoms with Gasteiger partial charge in [0.25, 0.3) is 0 Å². The average molecular weight is 96.1 g/mol. The highest BCUT2D eigenvalue weighted by atomic mass is 14.9. The van der Waals surface area contributed by atoms with Crippen LogP contribution in [-0.2, 0) is 0 Å². The van der Waals surface area contributed by atoms with Gasteiger partial charge in [-0.2, -0.15) is 0 Å². The summed E-state index contributed by atoms with van der Waals surface area (Å²) in [5.74, 6) is 0. The standard InChI is InChI=1S/C5H8N2/c1-7-5(4-6)2-3-5/h2-4,6H2. The van der Waals surface area contributed by atoms with Crippen LogP contribution in [0.1, 0.15) is 12.8 Å². The Balaban J connectivity index is 2.47. The number of nitrogens with zero attached hydrogens (tertiary/aromatic N) is 1. The third-order valence-electron chi connectivity index (χ3n) is 1.44. The number of rotatable bonds is 1. The first-order valence-electron chi connectivity index (χ1n) is 2.42. The third kappa shape index (κ3) is 0.594. The summed E-state index contributed by atoms with van der Waals surface area (Å²) in [6, 6.07) is 0. The van der Waals surface area contributed by atoms with Crippen LogP contribution in [-0.4, -0.2) is 12.1 Å². The van der Waals surface area contributed by atoms with Gasteiger partial charge in [0.15, 0.2) is 0 Å². The second-order valence-electron chi connectivity index (χ2n) is 2.04. The van der Waals surface area contributed by atoms with Crippen molar-refractivity contribution in [2.45, 2.75) is 18.4 Å². The summed E-state index contributed by atoms with van der Waals surface area (Å²) in [6.07, 6.45) is 2.04. The summed E-state index contributed by atoms with van der Waals surface area (Å²) >= 11 is 0. The molecule has 0 amide bonds. The normalized spacial score (nSPS) is 23.4. The summed E-state index contributed by atoms with van der Waals surface area (Å²) in [6.45, 7) is 7.16. The Hall–Kier alpha value is -0.550. The molecule has 1 fully saturated rings. The molecule has 0 radical (unpaired) electrons. The predicted octanol–water partition coefficient (Wildman–Crippen LogP) is 0.397. The minimum Gasteiger partial charge on any atom is -0.324 e. The summed E-state index contributed by atoms with van der Waals surface area (Å²) in [5, 5.41) is 0. The number of hydrogen-bond acceptors (Lipinski definition) is 1. The molecule has 1 rings (SSSR count). The van der Waals surface area contributed by atoms with Crippen molar-refractivity contribution in [3.63, 3.8) is 0 Å². The molecule has 7 heavy (non-hydrogen) atoms. The Morgan fingerprint density at radius 2 is 2.29 bits per heavy atom. The first-order valence-corrected chi connectivity index (χ1v) is 2.42. The summed E-state index contributed by atoms with van der Waals surface area (Å²) in [5.41, 5.74) is 5.17. The van der Waals surface area contributed by atoms with E-state index in [9.17, 15) is 0 Å². The van der Waals surface area contributed by atoms with Crippen molar-refractivity contribution in [2.24, 2.45) is 5.73 Å². The molecule has 0 saturated heterocycles. The van der Waals surface area contributed by atoms with Gasteiger partial charge in [-0.1, -0.05) is 0 Å². The van der Waals surface area contributed by atoms with E-state index in [4.69, 9.17) is 12.3 Å².